The fraction of sp³-hybridized carbons (Fsp3) is 0.379. The molecule has 0 aliphatic heterocycles. The van der Waals surface area contributed by atoms with E-state index in [1.54, 1.807) is 18.3 Å². The van der Waals surface area contributed by atoms with Crippen LogP contribution in [0.3, 0.4) is 0 Å². The number of methoxy groups -OCH3 is 1. The summed E-state index contributed by atoms with van der Waals surface area (Å²) >= 11 is 0. The van der Waals surface area contributed by atoms with Gasteiger partial charge in [0, 0.05) is 23.3 Å². The summed E-state index contributed by atoms with van der Waals surface area (Å²) in [7, 11) is -2.57. The molecule has 1 aromatic carbocycles. The number of ether oxygens (including phenoxy) is 1. The Morgan fingerprint density at radius 1 is 1.08 bits per heavy atom. The molecule has 3 aliphatic rings. The first-order valence-corrected chi connectivity index (χ1v) is 14.6. The maximum absolute atomic E-state index is 14.3. The SMILES string of the molecule is COC(=O)[C@H]1C2CCC(CC2)[C@@H]1Cc1cncc(-c2cn(S(=O)(=O)c3ccc(C)cc3)c3ncc(F)cc23)n1. The summed E-state index contributed by atoms with van der Waals surface area (Å²) in [5, 5.41) is 0.321. The van der Waals surface area contributed by atoms with E-state index >= 15 is 0 Å². The van der Waals surface area contributed by atoms with Crippen LogP contribution >= 0.6 is 0 Å². The molecule has 3 fully saturated rings. The molecule has 2 bridgehead atoms. The van der Waals surface area contributed by atoms with Gasteiger partial charge in [-0.3, -0.25) is 9.78 Å². The molecule has 2 atom stereocenters. The van der Waals surface area contributed by atoms with Gasteiger partial charge >= 0.3 is 5.97 Å². The summed E-state index contributed by atoms with van der Waals surface area (Å²) in [6.45, 7) is 1.88. The lowest BCUT2D eigenvalue weighted by Gasteiger charge is -2.47. The normalized spacial score (nSPS) is 22.7. The third kappa shape index (κ3) is 4.50. The number of pyridine rings is 1. The number of benzene rings is 1. The summed E-state index contributed by atoms with van der Waals surface area (Å²) in [5.41, 5.74) is 2.56. The second-order valence-corrected chi connectivity index (χ2v) is 12.5. The lowest BCUT2D eigenvalue weighted by atomic mass is 9.57. The highest BCUT2D eigenvalue weighted by Crippen LogP contribution is 2.50. The topological polar surface area (TPSA) is 104 Å². The number of fused-ring (bicyclic) bond motifs is 4. The van der Waals surface area contributed by atoms with Crippen molar-refractivity contribution < 1.29 is 22.3 Å². The molecule has 0 radical (unpaired) electrons. The van der Waals surface area contributed by atoms with Crippen LogP contribution in [0.25, 0.3) is 22.3 Å². The first-order chi connectivity index (χ1) is 18.8. The van der Waals surface area contributed by atoms with Crippen LogP contribution in [0.1, 0.15) is 36.9 Å². The fourth-order valence-corrected chi connectivity index (χ4v) is 7.84. The summed E-state index contributed by atoms with van der Waals surface area (Å²) in [6, 6.07) is 7.79. The van der Waals surface area contributed by atoms with Gasteiger partial charge in [-0.1, -0.05) is 17.7 Å². The molecule has 10 heteroatoms. The summed E-state index contributed by atoms with van der Waals surface area (Å²) < 4.78 is 47.7. The Kier molecular flexibility index (Phi) is 6.45. The zero-order chi connectivity index (χ0) is 27.3. The maximum Gasteiger partial charge on any atom is 0.309 e. The number of aromatic nitrogens is 4. The Morgan fingerprint density at radius 3 is 2.51 bits per heavy atom. The van der Waals surface area contributed by atoms with E-state index in [9.17, 15) is 17.6 Å². The molecule has 202 valence electrons. The third-order valence-corrected chi connectivity index (χ3v) is 10.1. The van der Waals surface area contributed by atoms with Crippen molar-refractivity contribution in [2.75, 3.05) is 7.11 Å². The van der Waals surface area contributed by atoms with Crippen molar-refractivity contribution in [3.63, 3.8) is 0 Å². The zero-order valence-electron chi connectivity index (χ0n) is 21.7. The molecule has 3 heterocycles. The van der Waals surface area contributed by atoms with Gasteiger partial charge in [0.1, 0.15) is 5.82 Å². The van der Waals surface area contributed by atoms with E-state index in [4.69, 9.17) is 9.72 Å². The first kappa shape index (κ1) is 25.6. The molecule has 0 N–H and O–H groups in total. The zero-order valence-corrected chi connectivity index (χ0v) is 22.6. The highest BCUT2D eigenvalue weighted by Gasteiger charge is 2.47. The third-order valence-electron chi connectivity index (χ3n) is 8.43. The summed E-state index contributed by atoms with van der Waals surface area (Å²) in [5.74, 6) is -0.0568. The highest BCUT2D eigenvalue weighted by molar-refractivity contribution is 7.90. The van der Waals surface area contributed by atoms with Gasteiger partial charge < -0.3 is 4.74 Å². The molecule has 0 spiro atoms. The van der Waals surface area contributed by atoms with Gasteiger partial charge in [-0.05, 0) is 75.0 Å². The van der Waals surface area contributed by atoms with Gasteiger partial charge in [-0.15, -0.1) is 0 Å². The second-order valence-electron chi connectivity index (χ2n) is 10.7. The number of carbonyl (C=O) groups is 1. The first-order valence-electron chi connectivity index (χ1n) is 13.1. The Labute approximate surface area is 226 Å². The van der Waals surface area contributed by atoms with Crippen LogP contribution in [0.15, 0.2) is 60.0 Å². The van der Waals surface area contributed by atoms with Crippen LogP contribution in [-0.4, -0.2) is 40.4 Å². The monoisotopic (exact) mass is 548 g/mol. The Balaban J connectivity index is 1.41. The Bertz CT molecular complexity index is 1660. The lowest BCUT2D eigenvalue weighted by Crippen LogP contribution is -2.45. The summed E-state index contributed by atoms with van der Waals surface area (Å²) in [4.78, 5) is 26.1. The minimum atomic E-state index is -4.01. The highest BCUT2D eigenvalue weighted by atomic mass is 32.2. The standard InChI is InChI=1S/C29H29FN4O4S/c1-17-3-9-22(10-4-17)39(36,37)34-16-25(24-11-20(30)13-32-28(24)34)26-15-31-14-21(33-26)12-23-18-5-7-19(8-6-18)27(23)29(35)38-2/h3-4,9-11,13-16,18-19,23,27H,5-8,12H2,1-2H3/t18?,19?,23-,27-/m0/s1. The summed E-state index contributed by atoms with van der Waals surface area (Å²) in [6.07, 6.45) is 10.5. The largest absolute Gasteiger partial charge is 0.469 e. The van der Waals surface area contributed by atoms with Crippen LogP contribution in [-0.2, 0) is 26.0 Å². The molecule has 3 aliphatic carbocycles. The molecule has 3 aromatic heterocycles. The predicted octanol–water partition coefficient (Wildman–Crippen LogP) is 4.95. The minimum Gasteiger partial charge on any atom is -0.469 e. The Hall–Kier alpha value is -3.66. The van der Waals surface area contributed by atoms with Gasteiger partial charge in [-0.25, -0.2) is 26.7 Å². The van der Waals surface area contributed by atoms with Crippen molar-refractivity contribution in [2.24, 2.45) is 23.7 Å². The van der Waals surface area contributed by atoms with E-state index in [0.29, 0.717) is 40.6 Å². The molecular formula is C29H29FN4O4S. The second kappa shape index (κ2) is 9.82. The van der Waals surface area contributed by atoms with Crippen molar-refractivity contribution in [2.45, 2.75) is 43.9 Å². The van der Waals surface area contributed by atoms with Crippen molar-refractivity contribution in [3.8, 4) is 11.3 Å². The number of carbonyl (C=O) groups excluding carboxylic acids is 1. The fourth-order valence-electron chi connectivity index (χ4n) is 6.51. The molecule has 0 amide bonds. The van der Waals surface area contributed by atoms with Crippen LogP contribution in [0.5, 0.6) is 0 Å². The van der Waals surface area contributed by atoms with Crippen LogP contribution in [0.4, 0.5) is 4.39 Å². The quantitative estimate of drug-likeness (QED) is 0.314. The van der Waals surface area contributed by atoms with E-state index in [-0.39, 0.29) is 28.3 Å². The number of rotatable bonds is 6. The molecule has 8 nitrogen and oxygen atoms in total. The van der Waals surface area contributed by atoms with Crippen LogP contribution in [0, 0.1) is 36.4 Å². The average Bonchev–Trinajstić information content (AvgIpc) is 3.33. The molecule has 0 unspecified atom stereocenters. The molecule has 0 saturated heterocycles. The number of hydrogen-bond donors (Lipinski definition) is 0. The van der Waals surface area contributed by atoms with Crippen LogP contribution < -0.4 is 0 Å². The molecule has 39 heavy (non-hydrogen) atoms. The van der Waals surface area contributed by atoms with Gasteiger partial charge in [0.2, 0.25) is 0 Å². The minimum absolute atomic E-state index is 0.101. The van der Waals surface area contributed by atoms with Gasteiger partial charge in [0.05, 0.1) is 41.7 Å². The molecular weight excluding hydrogens is 519 g/mol. The number of hydrogen-bond acceptors (Lipinski definition) is 7. The van der Waals surface area contributed by atoms with E-state index in [1.165, 1.54) is 37.7 Å². The molecule has 4 aromatic rings. The average molecular weight is 549 g/mol. The smallest absolute Gasteiger partial charge is 0.309 e. The van der Waals surface area contributed by atoms with Crippen molar-refractivity contribution in [1.82, 2.24) is 18.9 Å². The van der Waals surface area contributed by atoms with E-state index in [0.717, 1.165) is 41.4 Å². The predicted molar refractivity (Wildman–Crippen MR) is 143 cm³/mol. The number of nitrogens with zero attached hydrogens (tertiary/aromatic N) is 4. The van der Waals surface area contributed by atoms with E-state index in [2.05, 4.69) is 9.97 Å². The number of aryl methyl sites for hydroxylation is 1. The van der Waals surface area contributed by atoms with Gasteiger partial charge in [0.25, 0.3) is 10.0 Å². The maximum atomic E-state index is 14.3. The molecule has 3 saturated carbocycles. The van der Waals surface area contributed by atoms with Crippen molar-refractivity contribution >= 4 is 27.0 Å². The number of halogens is 1. The molecule has 7 rings (SSSR count). The number of esters is 1. The lowest BCUT2D eigenvalue weighted by molar-refractivity contribution is -0.156. The van der Waals surface area contributed by atoms with Crippen molar-refractivity contribution in [3.05, 3.63) is 72.2 Å². The Morgan fingerprint density at radius 2 is 1.79 bits per heavy atom. The van der Waals surface area contributed by atoms with Gasteiger partial charge in [-0.2, -0.15) is 0 Å². The van der Waals surface area contributed by atoms with Gasteiger partial charge in [0.15, 0.2) is 5.65 Å². The van der Waals surface area contributed by atoms with E-state index in [1.807, 2.05) is 6.92 Å². The van der Waals surface area contributed by atoms with Crippen molar-refractivity contribution in [1.29, 1.82) is 0 Å². The van der Waals surface area contributed by atoms with E-state index < -0.39 is 15.8 Å². The van der Waals surface area contributed by atoms with Crippen LogP contribution in [0.2, 0.25) is 0 Å².